The molecule has 0 saturated heterocycles. The zero-order valence-electron chi connectivity index (χ0n) is 16.5. The summed E-state index contributed by atoms with van der Waals surface area (Å²) >= 11 is 0. The summed E-state index contributed by atoms with van der Waals surface area (Å²) in [4.78, 5) is 21.5. The molecule has 3 aromatic rings. The van der Waals surface area contributed by atoms with E-state index in [4.69, 9.17) is 9.57 Å². The number of sulfonamides is 1. The van der Waals surface area contributed by atoms with Crippen LogP contribution in [0.3, 0.4) is 0 Å². The molecule has 0 atom stereocenters. The van der Waals surface area contributed by atoms with Gasteiger partial charge in [0.05, 0.1) is 17.7 Å². The quantitative estimate of drug-likeness (QED) is 0.555. The predicted octanol–water partition coefficient (Wildman–Crippen LogP) is 3.09. The van der Waals surface area contributed by atoms with Crippen molar-refractivity contribution in [1.29, 1.82) is 0 Å². The van der Waals surface area contributed by atoms with Gasteiger partial charge in [0.25, 0.3) is 15.9 Å². The lowest BCUT2D eigenvalue weighted by Crippen LogP contribution is -2.25. The fraction of sp³-hybridized carbons (Fsp3) is 0.143. The summed E-state index contributed by atoms with van der Waals surface area (Å²) in [6, 6.07) is 18.1. The molecule has 0 bridgehead atoms. The van der Waals surface area contributed by atoms with Gasteiger partial charge in [-0.25, -0.2) is 8.42 Å². The minimum absolute atomic E-state index is 0.0216. The second-order valence-electron chi connectivity index (χ2n) is 6.21. The summed E-state index contributed by atoms with van der Waals surface area (Å²) in [6.45, 7) is 0.310. The molecule has 0 aliphatic carbocycles. The molecule has 8 nitrogen and oxygen atoms in total. The van der Waals surface area contributed by atoms with Crippen molar-refractivity contribution < 1.29 is 22.8 Å². The van der Waals surface area contributed by atoms with Crippen LogP contribution in [0.15, 0.2) is 77.8 Å². The Bertz CT molecular complexity index is 1100. The Kier molecular flexibility index (Phi) is 6.78. The van der Waals surface area contributed by atoms with Gasteiger partial charge in [-0.15, -0.1) is 0 Å². The molecule has 1 heterocycles. The minimum atomic E-state index is -3.77. The van der Waals surface area contributed by atoms with Crippen LogP contribution in [0.4, 0.5) is 5.69 Å². The van der Waals surface area contributed by atoms with Gasteiger partial charge < -0.3 is 10.1 Å². The highest BCUT2D eigenvalue weighted by atomic mass is 32.2. The van der Waals surface area contributed by atoms with Crippen molar-refractivity contribution in [1.82, 2.24) is 9.45 Å². The Morgan fingerprint density at radius 3 is 2.50 bits per heavy atom. The Morgan fingerprint density at radius 2 is 1.83 bits per heavy atom. The third-order valence-electron chi connectivity index (χ3n) is 4.21. The number of hydrogen-bond donors (Lipinski definition) is 1. The van der Waals surface area contributed by atoms with E-state index in [2.05, 4.69) is 10.3 Å². The molecular weight excluding hydrogens is 406 g/mol. The minimum Gasteiger partial charge on any atom is -0.487 e. The smallest absolute Gasteiger partial charge is 0.264 e. The number of benzene rings is 2. The average Bonchev–Trinajstić information content (AvgIpc) is 2.78. The lowest BCUT2D eigenvalue weighted by Gasteiger charge is -2.14. The molecule has 0 radical (unpaired) electrons. The van der Waals surface area contributed by atoms with Crippen molar-refractivity contribution in [3.8, 4) is 5.75 Å². The molecule has 1 N–H and O–H groups in total. The molecule has 0 aliphatic heterocycles. The number of amides is 1. The highest BCUT2D eigenvalue weighted by Gasteiger charge is 2.21. The number of rotatable bonds is 8. The van der Waals surface area contributed by atoms with Gasteiger partial charge in [-0.1, -0.05) is 16.6 Å². The molecule has 30 heavy (non-hydrogen) atoms. The van der Waals surface area contributed by atoms with Crippen LogP contribution in [0.25, 0.3) is 0 Å². The lowest BCUT2D eigenvalue weighted by molar-refractivity contribution is -0.0258. The van der Waals surface area contributed by atoms with Gasteiger partial charge in [-0.05, 0) is 48.5 Å². The van der Waals surface area contributed by atoms with Gasteiger partial charge in [-0.3, -0.25) is 14.6 Å². The van der Waals surface area contributed by atoms with Crippen LogP contribution in [0.1, 0.15) is 16.1 Å². The number of ether oxygens (including phenoxy) is 1. The molecular formula is C21H21N3O5S. The summed E-state index contributed by atoms with van der Waals surface area (Å²) in [7, 11) is -1.22. The molecule has 1 amide bonds. The van der Waals surface area contributed by atoms with E-state index >= 15 is 0 Å². The normalized spacial score (nSPS) is 11.3. The number of pyridine rings is 1. The van der Waals surface area contributed by atoms with Crippen molar-refractivity contribution in [3.63, 3.8) is 0 Å². The van der Waals surface area contributed by atoms with Crippen LogP contribution in [0.5, 0.6) is 5.75 Å². The number of nitrogens with one attached hydrogen (secondary N) is 1. The molecule has 1 aromatic heterocycles. The second-order valence-corrected chi connectivity index (χ2v) is 8.15. The SMILES string of the molecule is CON(C)S(=O)(=O)c1ccc(C(=O)Nc2cccc(OCc3ccccn3)c2)cc1. The van der Waals surface area contributed by atoms with E-state index in [0.29, 0.717) is 23.6 Å². The van der Waals surface area contributed by atoms with Crippen LogP contribution < -0.4 is 10.1 Å². The molecule has 3 rings (SSSR count). The maximum absolute atomic E-state index is 12.5. The third kappa shape index (κ3) is 5.20. The first-order valence-electron chi connectivity index (χ1n) is 8.97. The Hall–Kier alpha value is -3.27. The fourth-order valence-corrected chi connectivity index (χ4v) is 3.51. The standard InChI is InChI=1S/C21H21N3O5S/c1-24(28-2)30(26,27)20-11-9-16(10-12-20)21(25)23-17-7-5-8-19(14-17)29-15-18-6-3-4-13-22-18/h3-14H,15H2,1-2H3,(H,23,25). The van der Waals surface area contributed by atoms with Crippen molar-refractivity contribution in [3.05, 3.63) is 84.2 Å². The summed E-state index contributed by atoms with van der Waals surface area (Å²) in [5.41, 5.74) is 1.66. The summed E-state index contributed by atoms with van der Waals surface area (Å²) < 4.78 is 30.9. The molecule has 0 saturated carbocycles. The van der Waals surface area contributed by atoms with Gasteiger partial charge in [0.15, 0.2) is 0 Å². The van der Waals surface area contributed by atoms with Gasteiger partial charge in [-0.2, -0.15) is 0 Å². The third-order valence-corrected chi connectivity index (χ3v) is 5.91. The van der Waals surface area contributed by atoms with Crippen molar-refractivity contribution in [2.24, 2.45) is 0 Å². The van der Waals surface area contributed by atoms with Crippen molar-refractivity contribution in [2.75, 3.05) is 19.5 Å². The number of hydroxylamine groups is 1. The summed E-state index contributed by atoms with van der Waals surface area (Å²) in [5.74, 6) is 0.211. The molecule has 0 unspecified atom stereocenters. The monoisotopic (exact) mass is 427 g/mol. The van der Waals surface area contributed by atoms with E-state index in [0.717, 1.165) is 10.2 Å². The first-order chi connectivity index (χ1) is 14.4. The fourth-order valence-electron chi connectivity index (χ4n) is 2.53. The molecule has 156 valence electrons. The molecule has 9 heteroatoms. The number of nitrogens with zero attached hydrogens (tertiary/aromatic N) is 2. The van der Waals surface area contributed by atoms with Crippen LogP contribution >= 0.6 is 0 Å². The summed E-state index contributed by atoms with van der Waals surface area (Å²) in [5, 5.41) is 2.77. The van der Waals surface area contributed by atoms with Crippen LogP contribution in [-0.4, -0.2) is 37.9 Å². The van der Waals surface area contributed by atoms with E-state index in [9.17, 15) is 13.2 Å². The van der Waals surface area contributed by atoms with Crippen molar-refractivity contribution in [2.45, 2.75) is 11.5 Å². The van der Waals surface area contributed by atoms with Crippen LogP contribution in [-0.2, 0) is 21.5 Å². The summed E-state index contributed by atoms with van der Waals surface area (Å²) in [6.07, 6.45) is 1.69. The Morgan fingerprint density at radius 1 is 1.07 bits per heavy atom. The van der Waals surface area contributed by atoms with Crippen LogP contribution in [0, 0.1) is 0 Å². The average molecular weight is 427 g/mol. The highest BCUT2D eigenvalue weighted by Crippen LogP contribution is 2.20. The number of carbonyl (C=O) groups is 1. The number of anilines is 1. The zero-order chi connectivity index (χ0) is 21.6. The van der Waals surface area contributed by atoms with Gasteiger partial charge in [0.1, 0.15) is 12.4 Å². The first kappa shape index (κ1) is 21.4. The zero-order valence-corrected chi connectivity index (χ0v) is 17.3. The second kappa shape index (κ2) is 9.49. The van der Waals surface area contributed by atoms with E-state index in [-0.39, 0.29) is 10.8 Å². The van der Waals surface area contributed by atoms with Crippen molar-refractivity contribution >= 4 is 21.6 Å². The van der Waals surface area contributed by atoms with Gasteiger partial charge >= 0.3 is 0 Å². The molecule has 0 spiro atoms. The lowest BCUT2D eigenvalue weighted by atomic mass is 10.2. The van der Waals surface area contributed by atoms with E-state index in [1.807, 2.05) is 18.2 Å². The first-order valence-corrected chi connectivity index (χ1v) is 10.4. The van der Waals surface area contributed by atoms with E-state index in [1.54, 1.807) is 30.5 Å². The number of aromatic nitrogens is 1. The molecule has 2 aromatic carbocycles. The van der Waals surface area contributed by atoms with Crippen LogP contribution in [0.2, 0.25) is 0 Å². The predicted molar refractivity (Wildman–Crippen MR) is 111 cm³/mol. The van der Waals surface area contributed by atoms with Gasteiger partial charge in [0, 0.05) is 30.6 Å². The maximum atomic E-state index is 12.5. The number of carbonyl (C=O) groups excluding carboxylic acids is 1. The molecule has 0 aliphatic rings. The largest absolute Gasteiger partial charge is 0.487 e. The van der Waals surface area contributed by atoms with Gasteiger partial charge in [0.2, 0.25) is 0 Å². The Balaban J connectivity index is 1.66. The maximum Gasteiger partial charge on any atom is 0.264 e. The number of hydrogen-bond acceptors (Lipinski definition) is 6. The topological polar surface area (TPSA) is 97.8 Å². The van der Waals surface area contributed by atoms with E-state index in [1.165, 1.54) is 38.4 Å². The molecule has 0 fully saturated rings. The Labute approximate surface area is 175 Å². The highest BCUT2D eigenvalue weighted by molar-refractivity contribution is 7.89. The van der Waals surface area contributed by atoms with E-state index < -0.39 is 10.0 Å².